The van der Waals surface area contributed by atoms with Crippen LogP contribution in [0.15, 0.2) is 12.3 Å². The smallest absolute Gasteiger partial charge is 0.275 e. The predicted molar refractivity (Wildman–Crippen MR) is 74.5 cm³/mol. The lowest BCUT2D eigenvalue weighted by atomic mass is 9.93. The summed E-state index contributed by atoms with van der Waals surface area (Å²) in [5, 5.41) is 7.56. The van der Waals surface area contributed by atoms with Crippen LogP contribution in [0.4, 0.5) is 5.13 Å². The molecule has 2 aromatic rings. The molecule has 0 bridgehead atoms. The van der Waals surface area contributed by atoms with Crippen LogP contribution in [-0.2, 0) is 19.9 Å². The number of fused-ring (bicyclic) bond motifs is 1. The molecule has 1 N–H and O–H groups in total. The van der Waals surface area contributed by atoms with Crippen LogP contribution in [0.3, 0.4) is 0 Å². The Balaban J connectivity index is 1.78. The van der Waals surface area contributed by atoms with E-state index in [4.69, 9.17) is 0 Å². The van der Waals surface area contributed by atoms with Gasteiger partial charge in [-0.25, -0.2) is 4.98 Å². The van der Waals surface area contributed by atoms with E-state index in [0.29, 0.717) is 16.7 Å². The number of carbonyl (C=O) groups excluding carboxylic acids is 1. The number of hydrogen-bond donors (Lipinski definition) is 1. The minimum atomic E-state index is -0.154. The van der Waals surface area contributed by atoms with Crippen molar-refractivity contribution in [2.24, 2.45) is 13.0 Å². The zero-order chi connectivity index (χ0) is 13.4. The van der Waals surface area contributed by atoms with Gasteiger partial charge in [0.1, 0.15) is 5.69 Å². The molecule has 19 heavy (non-hydrogen) atoms. The van der Waals surface area contributed by atoms with E-state index >= 15 is 0 Å². The fourth-order valence-corrected chi connectivity index (χ4v) is 3.52. The molecule has 0 saturated heterocycles. The Morgan fingerprint density at radius 3 is 3.16 bits per heavy atom. The number of rotatable bonds is 2. The van der Waals surface area contributed by atoms with Gasteiger partial charge < -0.3 is 0 Å². The van der Waals surface area contributed by atoms with E-state index in [9.17, 15) is 4.79 Å². The van der Waals surface area contributed by atoms with Gasteiger partial charge in [0, 0.05) is 18.1 Å². The first kappa shape index (κ1) is 12.3. The zero-order valence-electron chi connectivity index (χ0n) is 11.0. The quantitative estimate of drug-likeness (QED) is 0.915. The Kier molecular flexibility index (Phi) is 3.10. The Hall–Kier alpha value is -1.69. The van der Waals surface area contributed by atoms with Gasteiger partial charge in [0.25, 0.3) is 5.91 Å². The van der Waals surface area contributed by atoms with E-state index in [2.05, 4.69) is 22.3 Å². The Morgan fingerprint density at radius 1 is 1.58 bits per heavy atom. The van der Waals surface area contributed by atoms with E-state index in [1.165, 1.54) is 11.3 Å². The monoisotopic (exact) mass is 276 g/mol. The third-order valence-electron chi connectivity index (χ3n) is 3.46. The van der Waals surface area contributed by atoms with Crippen LogP contribution in [0.1, 0.15) is 34.4 Å². The highest BCUT2D eigenvalue weighted by Crippen LogP contribution is 2.32. The molecule has 0 fully saturated rings. The highest BCUT2D eigenvalue weighted by molar-refractivity contribution is 7.15. The summed E-state index contributed by atoms with van der Waals surface area (Å²) in [6.45, 7) is 2.26. The van der Waals surface area contributed by atoms with Crippen molar-refractivity contribution in [1.82, 2.24) is 14.8 Å². The molecule has 100 valence electrons. The third kappa shape index (κ3) is 2.40. The topological polar surface area (TPSA) is 59.8 Å². The second-order valence-electron chi connectivity index (χ2n) is 5.03. The summed E-state index contributed by atoms with van der Waals surface area (Å²) in [6, 6.07) is 1.70. The number of carbonyl (C=O) groups is 1. The summed E-state index contributed by atoms with van der Waals surface area (Å²) in [5.74, 6) is 0.563. The van der Waals surface area contributed by atoms with Gasteiger partial charge in [-0.2, -0.15) is 5.10 Å². The zero-order valence-corrected chi connectivity index (χ0v) is 11.8. The molecule has 1 atom stereocenters. The van der Waals surface area contributed by atoms with E-state index in [1.54, 1.807) is 35.3 Å². The molecule has 0 aliphatic heterocycles. The third-order valence-corrected chi connectivity index (χ3v) is 4.50. The Bertz CT molecular complexity index is 616. The van der Waals surface area contributed by atoms with E-state index < -0.39 is 0 Å². The maximum Gasteiger partial charge on any atom is 0.275 e. The fourth-order valence-electron chi connectivity index (χ4n) is 2.35. The van der Waals surface area contributed by atoms with Crippen LogP contribution in [0.5, 0.6) is 0 Å². The second kappa shape index (κ2) is 4.77. The van der Waals surface area contributed by atoms with Crippen molar-refractivity contribution in [2.75, 3.05) is 5.32 Å². The summed E-state index contributed by atoms with van der Waals surface area (Å²) in [6.07, 6.45) is 4.90. The maximum absolute atomic E-state index is 12.1. The lowest BCUT2D eigenvalue weighted by Gasteiger charge is -2.15. The van der Waals surface area contributed by atoms with Gasteiger partial charge in [0.05, 0.1) is 5.69 Å². The molecule has 3 rings (SSSR count). The number of aryl methyl sites for hydroxylation is 2. The van der Waals surface area contributed by atoms with E-state index in [1.807, 2.05) is 0 Å². The number of amides is 1. The number of hydrogen-bond acceptors (Lipinski definition) is 4. The minimum absolute atomic E-state index is 0.154. The maximum atomic E-state index is 12.1. The lowest BCUT2D eigenvalue weighted by molar-refractivity contribution is 0.101. The average molecular weight is 276 g/mol. The number of nitrogens with one attached hydrogen (secondary N) is 1. The summed E-state index contributed by atoms with van der Waals surface area (Å²) >= 11 is 1.60. The van der Waals surface area contributed by atoms with Crippen molar-refractivity contribution in [1.29, 1.82) is 0 Å². The molecule has 2 aromatic heterocycles. The standard InChI is InChI=1S/C13H16N4OS/c1-8-3-4-9-11(7-8)19-13(15-9)16-12(18)10-5-6-14-17(10)2/h5-6,8H,3-4,7H2,1-2H3,(H,15,16,18)/t8-/m0/s1. The molecule has 5 nitrogen and oxygen atoms in total. The summed E-state index contributed by atoms with van der Waals surface area (Å²) < 4.78 is 1.56. The molecular weight excluding hydrogens is 260 g/mol. The van der Waals surface area contributed by atoms with Crippen molar-refractivity contribution in [3.8, 4) is 0 Å². The first-order valence-corrected chi connectivity index (χ1v) is 7.23. The van der Waals surface area contributed by atoms with E-state index in [0.717, 1.165) is 18.5 Å². The second-order valence-corrected chi connectivity index (χ2v) is 6.11. The van der Waals surface area contributed by atoms with Crippen LogP contribution in [-0.4, -0.2) is 20.7 Å². The summed E-state index contributed by atoms with van der Waals surface area (Å²) in [7, 11) is 1.75. The van der Waals surface area contributed by atoms with Crippen LogP contribution < -0.4 is 5.32 Å². The van der Waals surface area contributed by atoms with Crippen molar-refractivity contribution in [3.05, 3.63) is 28.5 Å². The molecule has 0 radical (unpaired) electrons. The number of anilines is 1. The number of thiazole rings is 1. The summed E-state index contributed by atoms with van der Waals surface area (Å²) in [4.78, 5) is 17.9. The van der Waals surface area contributed by atoms with Gasteiger partial charge in [-0.3, -0.25) is 14.8 Å². The molecular formula is C13H16N4OS. The van der Waals surface area contributed by atoms with Gasteiger partial charge in [-0.1, -0.05) is 6.92 Å². The Morgan fingerprint density at radius 2 is 2.42 bits per heavy atom. The van der Waals surface area contributed by atoms with Gasteiger partial charge in [-0.15, -0.1) is 11.3 Å². The fraction of sp³-hybridized carbons (Fsp3) is 0.462. The molecule has 2 heterocycles. The largest absolute Gasteiger partial charge is 0.296 e. The summed E-state index contributed by atoms with van der Waals surface area (Å²) in [5.41, 5.74) is 1.70. The molecule has 1 aliphatic carbocycles. The van der Waals surface area contributed by atoms with Gasteiger partial charge in [0.15, 0.2) is 5.13 Å². The molecule has 1 amide bonds. The predicted octanol–water partition coefficient (Wildman–Crippen LogP) is 2.25. The molecule has 6 heteroatoms. The molecule has 1 aliphatic rings. The van der Waals surface area contributed by atoms with Crippen molar-refractivity contribution < 1.29 is 4.79 Å². The Labute approximate surface area is 115 Å². The van der Waals surface area contributed by atoms with Crippen LogP contribution in [0, 0.1) is 5.92 Å². The average Bonchev–Trinajstić information content (AvgIpc) is 2.94. The number of aromatic nitrogens is 3. The van der Waals surface area contributed by atoms with Crippen LogP contribution in [0.2, 0.25) is 0 Å². The SMILES string of the molecule is C[C@H]1CCc2nc(NC(=O)c3ccnn3C)sc2C1. The van der Waals surface area contributed by atoms with Gasteiger partial charge >= 0.3 is 0 Å². The molecule has 0 spiro atoms. The minimum Gasteiger partial charge on any atom is -0.296 e. The normalized spacial score (nSPS) is 18.1. The van der Waals surface area contributed by atoms with Gasteiger partial charge in [-0.05, 0) is 31.2 Å². The molecule has 0 saturated carbocycles. The first-order valence-electron chi connectivity index (χ1n) is 6.41. The van der Waals surface area contributed by atoms with Crippen LogP contribution >= 0.6 is 11.3 Å². The highest BCUT2D eigenvalue weighted by atomic mass is 32.1. The molecule has 0 unspecified atom stereocenters. The van der Waals surface area contributed by atoms with Crippen molar-refractivity contribution in [3.63, 3.8) is 0 Å². The highest BCUT2D eigenvalue weighted by Gasteiger charge is 2.21. The van der Waals surface area contributed by atoms with Crippen LogP contribution in [0.25, 0.3) is 0 Å². The first-order chi connectivity index (χ1) is 9.13. The molecule has 0 aromatic carbocycles. The number of nitrogens with zero attached hydrogens (tertiary/aromatic N) is 3. The van der Waals surface area contributed by atoms with Gasteiger partial charge in [0.2, 0.25) is 0 Å². The van der Waals surface area contributed by atoms with Crippen molar-refractivity contribution >= 4 is 22.4 Å². The van der Waals surface area contributed by atoms with Crippen molar-refractivity contribution in [2.45, 2.75) is 26.2 Å². The van der Waals surface area contributed by atoms with E-state index in [-0.39, 0.29) is 5.91 Å². The lowest BCUT2D eigenvalue weighted by Crippen LogP contribution is -2.16.